The van der Waals surface area contributed by atoms with Gasteiger partial charge in [-0.15, -0.1) is 0 Å². The average Bonchev–Trinajstić information content (AvgIpc) is 2.88. The molecule has 0 saturated heterocycles. The van der Waals surface area contributed by atoms with E-state index in [-0.39, 0.29) is 36.2 Å². The minimum absolute atomic E-state index is 0.0344. The number of sulfonamides is 1. The second kappa shape index (κ2) is 13.6. The van der Waals surface area contributed by atoms with Gasteiger partial charge in [0.15, 0.2) is 0 Å². The molecule has 0 unspecified atom stereocenters. The first-order valence-electron chi connectivity index (χ1n) is 13.2. The predicted octanol–water partition coefficient (Wildman–Crippen LogP) is 4.36. The van der Waals surface area contributed by atoms with Crippen LogP contribution in [0.3, 0.4) is 0 Å². The van der Waals surface area contributed by atoms with Crippen molar-refractivity contribution in [2.45, 2.75) is 57.6 Å². The summed E-state index contributed by atoms with van der Waals surface area (Å²) in [7, 11) is -3.86. The zero-order chi connectivity index (χ0) is 28.6. The van der Waals surface area contributed by atoms with Crippen LogP contribution in [0.1, 0.15) is 43.0 Å². The molecular formula is C31H39N3O4S. The largest absolute Gasteiger partial charge is 0.390 e. The average molecular weight is 550 g/mol. The third-order valence-corrected chi connectivity index (χ3v) is 8.33. The molecule has 0 radical (unpaired) electrons. The van der Waals surface area contributed by atoms with Gasteiger partial charge in [-0.1, -0.05) is 86.1 Å². The molecule has 3 aromatic carbocycles. The van der Waals surface area contributed by atoms with Crippen molar-refractivity contribution < 1.29 is 18.3 Å². The lowest BCUT2D eigenvalue weighted by Gasteiger charge is -2.31. The van der Waals surface area contributed by atoms with Gasteiger partial charge in [-0.05, 0) is 55.0 Å². The first-order valence-corrected chi connectivity index (χ1v) is 14.6. The molecule has 208 valence electrons. The maximum atomic E-state index is 13.5. The van der Waals surface area contributed by atoms with Gasteiger partial charge < -0.3 is 15.8 Å². The maximum Gasteiger partial charge on any atom is 0.243 e. The summed E-state index contributed by atoms with van der Waals surface area (Å²) in [5.41, 5.74) is 3.90. The highest BCUT2D eigenvalue weighted by Crippen LogP contribution is 2.20. The fourth-order valence-corrected chi connectivity index (χ4v) is 5.96. The number of nitrogens with one attached hydrogen (secondary N) is 2. The zero-order valence-corrected chi connectivity index (χ0v) is 23.9. The van der Waals surface area contributed by atoms with Crippen LogP contribution < -0.4 is 5.32 Å². The molecule has 1 amide bonds. The summed E-state index contributed by atoms with van der Waals surface area (Å²) in [6.45, 7) is 7.54. The van der Waals surface area contributed by atoms with Crippen molar-refractivity contribution in [2.24, 2.45) is 5.92 Å². The summed E-state index contributed by atoms with van der Waals surface area (Å²) in [5, 5.41) is 22.1. The monoisotopic (exact) mass is 549 g/mol. The standard InChI is InChI=1S/C31H39N3O4S/c1-22(2)20-34(39(37,38)28-16-10-23(3)11-17-28)21-30(35)29(18-25-8-6-5-7-9-25)33-31(36)19-26-12-14-27(15-13-26)24(4)32/h5-17,22,29-30,32,35H,18-21H2,1-4H3,(H,33,36)/t29-,30+/m0/s1. The number of rotatable bonds is 13. The van der Waals surface area contributed by atoms with E-state index in [0.29, 0.717) is 12.1 Å². The molecule has 8 heteroatoms. The Morgan fingerprint density at radius 2 is 1.54 bits per heavy atom. The quantitative estimate of drug-likeness (QED) is 0.275. The third-order valence-electron chi connectivity index (χ3n) is 6.48. The fourth-order valence-electron chi connectivity index (χ4n) is 4.34. The van der Waals surface area contributed by atoms with E-state index in [9.17, 15) is 18.3 Å². The summed E-state index contributed by atoms with van der Waals surface area (Å²) < 4.78 is 28.4. The lowest BCUT2D eigenvalue weighted by molar-refractivity contribution is -0.122. The Bertz CT molecular complexity index is 1340. The third kappa shape index (κ3) is 8.85. The number of carbonyl (C=O) groups is 1. The number of aliphatic hydroxyl groups is 1. The maximum absolute atomic E-state index is 13.5. The predicted molar refractivity (Wildman–Crippen MR) is 156 cm³/mol. The van der Waals surface area contributed by atoms with Gasteiger partial charge in [0.1, 0.15) is 0 Å². The van der Waals surface area contributed by atoms with Crippen molar-refractivity contribution in [2.75, 3.05) is 13.1 Å². The van der Waals surface area contributed by atoms with Crippen LogP contribution in [0.5, 0.6) is 0 Å². The van der Waals surface area contributed by atoms with Crippen LogP contribution in [0.25, 0.3) is 0 Å². The van der Waals surface area contributed by atoms with Gasteiger partial charge in [0.2, 0.25) is 15.9 Å². The van der Waals surface area contributed by atoms with Gasteiger partial charge in [0.25, 0.3) is 0 Å². The van der Waals surface area contributed by atoms with E-state index < -0.39 is 22.2 Å². The number of hydrogen-bond acceptors (Lipinski definition) is 5. The van der Waals surface area contributed by atoms with Gasteiger partial charge >= 0.3 is 0 Å². The number of benzene rings is 3. The lowest BCUT2D eigenvalue weighted by atomic mass is 10.00. The molecule has 0 saturated carbocycles. The Kier molecular flexibility index (Phi) is 10.6. The SMILES string of the molecule is CC(=N)c1ccc(CC(=O)N[C@@H](Cc2ccccc2)[C@H](O)CN(CC(C)C)S(=O)(=O)c2ccc(C)cc2)cc1. The van der Waals surface area contributed by atoms with Gasteiger partial charge in [-0.25, -0.2) is 8.42 Å². The van der Waals surface area contributed by atoms with Crippen molar-refractivity contribution >= 4 is 21.6 Å². The number of amides is 1. The van der Waals surface area contributed by atoms with Crippen molar-refractivity contribution in [3.8, 4) is 0 Å². The molecule has 0 aromatic heterocycles. The van der Waals surface area contributed by atoms with E-state index in [4.69, 9.17) is 5.41 Å². The van der Waals surface area contributed by atoms with Gasteiger partial charge in [0.05, 0.1) is 23.5 Å². The molecule has 3 N–H and O–H groups in total. The first-order chi connectivity index (χ1) is 18.5. The normalized spacial score (nSPS) is 13.3. The minimum atomic E-state index is -3.86. The Balaban J connectivity index is 1.82. The van der Waals surface area contributed by atoms with E-state index in [0.717, 1.165) is 22.3 Å². The number of hydrogen-bond donors (Lipinski definition) is 3. The molecule has 0 aliphatic carbocycles. The lowest BCUT2D eigenvalue weighted by Crippen LogP contribution is -2.51. The van der Waals surface area contributed by atoms with Crippen molar-refractivity contribution in [3.63, 3.8) is 0 Å². The molecule has 7 nitrogen and oxygen atoms in total. The van der Waals surface area contributed by atoms with Crippen molar-refractivity contribution in [1.29, 1.82) is 5.41 Å². The molecule has 0 spiro atoms. The van der Waals surface area contributed by atoms with Crippen LogP contribution in [0.2, 0.25) is 0 Å². The molecule has 3 rings (SSSR count). The minimum Gasteiger partial charge on any atom is -0.390 e. The highest BCUT2D eigenvalue weighted by atomic mass is 32.2. The number of aliphatic hydroxyl groups excluding tert-OH is 1. The smallest absolute Gasteiger partial charge is 0.243 e. The number of nitrogens with zero attached hydrogens (tertiary/aromatic N) is 1. The van der Waals surface area contributed by atoms with E-state index >= 15 is 0 Å². The highest BCUT2D eigenvalue weighted by Gasteiger charge is 2.31. The van der Waals surface area contributed by atoms with Crippen LogP contribution in [0, 0.1) is 18.3 Å². The second-order valence-corrected chi connectivity index (χ2v) is 12.4. The van der Waals surface area contributed by atoms with Gasteiger partial charge in [-0.3, -0.25) is 4.79 Å². The summed E-state index contributed by atoms with van der Waals surface area (Å²) in [4.78, 5) is 13.2. The van der Waals surface area contributed by atoms with Crippen LogP contribution in [-0.2, 0) is 27.7 Å². The first kappa shape index (κ1) is 30.2. The molecule has 0 heterocycles. The van der Waals surface area contributed by atoms with Gasteiger partial charge in [0, 0.05) is 18.8 Å². The Hall–Kier alpha value is -3.33. The molecule has 3 aromatic rings. The zero-order valence-electron chi connectivity index (χ0n) is 23.1. The van der Waals surface area contributed by atoms with E-state index in [1.807, 2.05) is 63.2 Å². The van der Waals surface area contributed by atoms with E-state index in [2.05, 4.69) is 5.32 Å². The summed E-state index contributed by atoms with van der Waals surface area (Å²) in [6.07, 6.45) is -0.692. The van der Waals surface area contributed by atoms with Crippen LogP contribution in [0.4, 0.5) is 0 Å². The van der Waals surface area contributed by atoms with Gasteiger partial charge in [-0.2, -0.15) is 4.31 Å². The van der Waals surface area contributed by atoms with Crippen molar-refractivity contribution in [3.05, 3.63) is 101 Å². The molecule has 39 heavy (non-hydrogen) atoms. The topological polar surface area (TPSA) is 111 Å². The number of carbonyl (C=O) groups excluding carboxylic acids is 1. The highest BCUT2D eigenvalue weighted by molar-refractivity contribution is 7.89. The molecule has 2 atom stereocenters. The molecular weight excluding hydrogens is 510 g/mol. The van der Waals surface area contributed by atoms with Crippen LogP contribution in [-0.4, -0.2) is 54.7 Å². The molecule has 0 aliphatic rings. The molecule has 0 bridgehead atoms. The molecule has 0 fully saturated rings. The van der Waals surface area contributed by atoms with Crippen LogP contribution >= 0.6 is 0 Å². The number of aryl methyl sites for hydroxylation is 1. The Labute approximate surface area is 232 Å². The van der Waals surface area contributed by atoms with Crippen molar-refractivity contribution in [1.82, 2.24) is 9.62 Å². The molecule has 0 aliphatic heterocycles. The summed E-state index contributed by atoms with van der Waals surface area (Å²) >= 11 is 0. The van der Waals surface area contributed by atoms with Crippen LogP contribution in [0.15, 0.2) is 83.8 Å². The fraction of sp³-hybridized carbons (Fsp3) is 0.355. The summed E-state index contributed by atoms with van der Waals surface area (Å²) in [6, 6.07) is 22.7. The Morgan fingerprint density at radius 3 is 2.10 bits per heavy atom. The van der Waals surface area contributed by atoms with E-state index in [1.54, 1.807) is 43.3 Å². The Morgan fingerprint density at radius 1 is 0.923 bits per heavy atom. The summed E-state index contributed by atoms with van der Waals surface area (Å²) in [5.74, 6) is -0.238. The second-order valence-electron chi connectivity index (χ2n) is 10.5. The van der Waals surface area contributed by atoms with E-state index in [1.165, 1.54) is 4.31 Å².